The molecule has 0 radical (unpaired) electrons. The van der Waals surface area contributed by atoms with Crippen molar-refractivity contribution in [3.63, 3.8) is 0 Å². The SMILES string of the molecule is CS(=O)(=O)n1cc(-c2ccccc2)c2c1C=CC(=O)C2=O. The Balaban J connectivity index is 2.38. The quantitative estimate of drug-likeness (QED) is 0.792. The molecule has 0 atom stereocenters. The fraction of sp³-hybridized carbons (Fsp3) is 0.0667. The molecule has 21 heavy (non-hydrogen) atoms. The Kier molecular flexibility index (Phi) is 2.91. The van der Waals surface area contributed by atoms with Crippen LogP contribution < -0.4 is 0 Å². The maximum Gasteiger partial charge on any atom is 0.236 e. The average Bonchev–Trinajstić information content (AvgIpc) is 2.84. The van der Waals surface area contributed by atoms with Crippen molar-refractivity contribution in [1.29, 1.82) is 0 Å². The second-order valence-electron chi connectivity index (χ2n) is 4.75. The van der Waals surface area contributed by atoms with Gasteiger partial charge in [0.05, 0.1) is 17.5 Å². The van der Waals surface area contributed by atoms with Gasteiger partial charge in [-0.1, -0.05) is 30.3 Å². The molecule has 0 bridgehead atoms. The van der Waals surface area contributed by atoms with Crippen LogP contribution in [0.2, 0.25) is 0 Å². The number of ketones is 2. The third-order valence-electron chi connectivity index (χ3n) is 3.29. The van der Waals surface area contributed by atoms with E-state index in [1.54, 1.807) is 24.3 Å². The number of nitrogens with zero attached hydrogens (tertiary/aromatic N) is 1. The standard InChI is InChI=1S/C15H11NO4S/c1-21(19,20)16-9-11(10-5-3-2-4-6-10)14-12(16)7-8-13(17)15(14)18/h2-9H,1H3. The van der Waals surface area contributed by atoms with Crippen LogP contribution in [0.5, 0.6) is 0 Å². The van der Waals surface area contributed by atoms with E-state index in [-0.39, 0.29) is 11.3 Å². The van der Waals surface area contributed by atoms with E-state index in [2.05, 4.69) is 0 Å². The Morgan fingerprint density at radius 3 is 2.29 bits per heavy atom. The predicted octanol–water partition coefficient (Wildman–Crippen LogP) is 1.74. The molecular formula is C15H11NO4S. The van der Waals surface area contributed by atoms with Gasteiger partial charge in [-0.2, -0.15) is 0 Å². The summed E-state index contributed by atoms with van der Waals surface area (Å²) in [6.07, 6.45) is 4.90. The summed E-state index contributed by atoms with van der Waals surface area (Å²) in [6.45, 7) is 0. The zero-order valence-electron chi connectivity index (χ0n) is 11.1. The number of aromatic nitrogens is 1. The molecule has 0 saturated carbocycles. The number of Topliss-reactive ketones (excluding diaryl/α,β-unsaturated/α-hetero) is 1. The third-order valence-corrected chi connectivity index (χ3v) is 4.31. The molecule has 1 heterocycles. The summed E-state index contributed by atoms with van der Waals surface area (Å²) in [5, 5.41) is 0. The summed E-state index contributed by atoms with van der Waals surface area (Å²) < 4.78 is 24.8. The van der Waals surface area contributed by atoms with Crippen LogP contribution in [0.15, 0.2) is 42.6 Å². The molecule has 6 heteroatoms. The molecule has 3 rings (SSSR count). The molecule has 1 aliphatic carbocycles. The first-order valence-corrected chi connectivity index (χ1v) is 8.02. The van der Waals surface area contributed by atoms with Gasteiger partial charge in [-0.05, 0) is 17.7 Å². The van der Waals surface area contributed by atoms with Crippen LogP contribution in [0, 0.1) is 0 Å². The zero-order valence-corrected chi connectivity index (χ0v) is 11.9. The number of rotatable bonds is 2. The van der Waals surface area contributed by atoms with Gasteiger partial charge in [-0.3, -0.25) is 9.59 Å². The van der Waals surface area contributed by atoms with E-state index in [9.17, 15) is 18.0 Å². The second kappa shape index (κ2) is 4.53. The van der Waals surface area contributed by atoms with Crippen LogP contribution in [0.3, 0.4) is 0 Å². The van der Waals surface area contributed by atoms with Crippen LogP contribution >= 0.6 is 0 Å². The molecule has 0 amide bonds. The minimum Gasteiger partial charge on any atom is -0.286 e. The number of benzene rings is 1. The molecular weight excluding hydrogens is 290 g/mol. The van der Waals surface area contributed by atoms with Gasteiger partial charge in [0.15, 0.2) is 0 Å². The monoisotopic (exact) mass is 301 g/mol. The van der Waals surface area contributed by atoms with E-state index in [1.807, 2.05) is 6.07 Å². The maximum atomic E-state index is 12.1. The number of allylic oxidation sites excluding steroid dienone is 1. The van der Waals surface area contributed by atoms with Gasteiger partial charge in [0, 0.05) is 11.8 Å². The molecule has 106 valence electrons. The van der Waals surface area contributed by atoms with Crippen molar-refractivity contribution in [3.8, 4) is 11.1 Å². The van der Waals surface area contributed by atoms with Gasteiger partial charge in [0.2, 0.25) is 21.6 Å². The minimum atomic E-state index is -3.57. The second-order valence-corrected chi connectivity index (χ2v) is 6.61. The fourth-order valence-electron chi connectivity index (χ4n) is 2.36. The molecule has 1 aromatic heterocycles. The third kappa shape index (κ3) is 2.13. The van der Waals surface area contributed by atoms with Gasteiger partial charge < -0.3 is 0 Å². The van der Waals surface area contributed by atoms with Crippen molar-refractivity contribution >= 4 is 27.7 Å². The van der Waals surface area contributed by atoms with E-state index in [4.69, 9.17) is 0 Å². The molecule has 0 fully saturated rings. The lowest BCUT2D eigenvalue weighted by molar-refractivity contribution is -0.110. The number of fused-ring (bicyclic) bond motifs is 1. The first kappa shape index (κ1) is 13.5. The van der Waals surface area contributed by atoms with Crippen LogP contribution in [0.1, 0.15) is 16.1 Å². The largest absolute Gasteiger partial charge is 0.286 e. The number of carbonyl (C=O) groups is 2. The van der Waals surface area contributed by atoms with Crippen LogP contribution in [-0.4, -0.2) is 30.2 Å². The molecule has 1 aliphatic rings. The summed E-state index contributed by atoms with van der Waals surface area (Å²) in [4.78, 5) is 23.7. The number of hydrogen-bond acceptors (Lipinski definition) is 4. The van der Waals surface area contributed by atoms with Crippen LogP contribution in [-0.2, 0) is 14.8 Å². The molecule has 5 nitrogen and oxygen atoms in total. The molecule has 2 aromatic rings. The first-order valence-electron chi connectivity index (χ1n) is 6.17. The topological polar surface area (TPSA) is 73.2 Å². The highest BCUT2D eigenvalue weighted by atomic mass is 32.2. The summed E-state index contributed by atoms with van der Waals surface area (Å²) in [7, 11) is -3.57. The van der Waals surface area contributed by atoms with Gasteiger partial charge >= 0.3 is 0 Å². The van der Waals surface area contributed by atoms with Crippen molar-refractivity contribution in [1.82, 2.24) is 3.97 Å². The van der Waals surface area contributed by atoms with Crippen LogP contribution in [0.4, 0.5) is 0 Å². The lowest BCUT2D eigenvalue weighted by atomic mass is 9.94. The van der Waals surface area contributed by atoms with Gasteiger partial charge in [0.1, 0.15) is 0 Å². The average molecular weight is 301 g/mol. The van der Waals surface area contributed by atoms with Crippen molar-refractivity contribution < 1.29 is 18.0 Å². The predicted molar refractivity (Wildman–Crippen MR) is 78.5 cm³/mol. The lowest BCUT2D eigenvalue weighted by Gasteiger charge is -2.08. The summed E-state index contributed by atoms with van der Waals surface area (Å²) in [6, 6.07) is 8.90. The number of carbonyl (C=O) groups excluding carboxylic acids is 2. The highest BCUT2D eigenvalue weighted by molar-refractivity contribution is 7.89. The van der Waals surface area contributed by atoms with Crippen molar-refractivity contribution in [2.24, 2.45) is 0 Å². The van der Waals surface area contributed by atoms with Gasteiger partial charge in [-0.25, -0.2) is 12.4 Å². The van der Waals surface area contributed by atoms with Crippen molar-refractivity contribution in [2.45, 2.75) is 0 Å². The molecule has 0 aliphatic heterocycles. The van der Waals surface area contributed by atoms with E-state index in [1.165, 1.54) is 12.3 Å². The molecule has 1 aromatic carbocycles. The highest BCUT2D eigenvalue weighted by Crippen LogP contribution is 2.32. The Hall–Kier alpha value is -2.47. The molecule has 0 saturated heterocycles. The minimum absolute atomic E-state index is 0.138. The Morgan fingerprint density at radius 1 is 1.00 bits per heavy atom. The van der Waals surface area contributed by atoms with Gasteiger partial charge in [-0.15, -0.1) is 0 Å². The van der Waals surface area contributed by atoms with E-state index >= 15 is 0 Å². The summed E-state index contributed by atoms with van der Waals surface area (Å²) in [5.74, 6) is -1.33. The van der Waals surface area contributed by atoms with E-state index in [0.717, 1.165) is 16.3 Å². The van der Waals surface area contributed by atoms with Gasteiger partial charge in [0.25, 0.3) is 0 Å². The Bertz CT molecular complexity index is 889. The lowest BCUT2D eigenvalue weighted by Crippen LogP contribution is -2.19. The summed E-state index contributed by atoms with van der Waals surface area (Å²) in [5.41, 5.74) is 1.49. The molecule has 0 unspecified atom stereocenters. The Morgan fingerprint density at radius 2 is 1.67 bits per heavy atom. The van der Waals surface area contributed by atoms with Crippen molar-refractivity contribution in [3.05, 3.63) is 53.9 Å². The fourth-order valence-corrected chi connectivity index (χ4v) is 3.17. The Labute approximate surface area is 121 Å². The number of hydrogen-bond donors (Lipinski definition) is 0. The van der Waals surface area contributed by atoms with E-state index < -0.39 is 21.6 Å². The zero-order chi connectivity index (χ0) is 15.2. The maximum absolute atomic E-state index is 12.1. The highest BCUT2D eigenvalue weighted by Gasteiger charge is 2.30. The molecule has 0 N–H and O–H groups in total. The van der Waals surface area contributed by atoms with Crippen LogP contribution in [0.25, 0.3) is 17.2 Å². The van der Waals surface area contributed by atoms with E-state index in [0.29, 0.717) is 11.1 Å². The molecule has 0 spiro atoms. The summed E-state index contributed by atoms with van der Waals surface area (Å²) >= 11 is 0. The first-order chi connectivity index (χ1) is 9.89. The normalized spacial score (nSPS) is 14.3. The van der Waals surface area contributed by atoms with Crippen molar-refractivity contribution in [2.75, 3.05) is 6.26 Å². The smallest absolute Gasteiger partial charge is 0.236 e.